The van der Waals surface area contributed by atoms with E-state index >= 15 is 0 Å². The Morgan fingerprint density at radius 3 is 2.73 bits per heavy atom. The van der Waals surface area contributed by atoms with Crippen LogP contribution in [0, 0.1) is 24.2 Å². The lowest BCUT2D eigenvalue weighted by Crippen LogP contribution is -2.40. The molecule has 2 fully saturated rings. The van der Waals surface area contributed by atoms with Gasteiger partial charge in [-0.1, -0.05) is 26.0 Å². The van der Waals surface area contributed by atoms with Crippen molar-refractivity contribution < 1.29 is 9.59 Å². The molecule has 1 unspecified atom stereocenters. The van der Waals surface area contributed by atoms with Crippen molar-refractivity contribution in [3.8, 4) is 0 Å². The molecule has 2 aliphatic rings. The zero-order valence-corrected chi connectivity index (χ0v) is 16.0. The van der Waals surface area contributed by atoms with Crippen LogP contribution in [0.5, 0.6) is 0 Å². The first-order valence-electron chi connectivity index (χ1n) is 9.57. The smallest absolute Gasteiger partial charge is 0.246 e. The van der Waals surface area contributed by atoms with Crippen molar-refractivity contribution in [2.45, 2.75) is 46.6 Å². The minimum Gasteiger partial charge on any atom is -0.350 e. The summed E-state index contributed by atoms with van der Waals surface area (Å²) in [5.74, 6) is 0.707. The fourth-order valence-electron chi connectivity index (χ4n) is 3.82. The van der Waals surface area contributed by atoms with Crippen LogP contribution in [-0.4, -0.2) is 34.8 Å². The molecule has 140 valence electrons. The average Bonchev–Trinajstić information content (AvgIpc) is 3.31. The molecule has 1 atom stereocenters. The highest BCUT2D eigenvalue weighted by Crippen LogP contribution is 2.59. The molecular weight excluding hydrogens is 326 g/mol. The van der Waals surface area contributed by atoms with E-state index < -0.39 is 0 Å². The van der Waals surface area contributed by atoms with Gasteiger partial charge in [-0.3, -0.25) is 14.6 Å². The standard InChI is InChI=1S/C21H29N3O2/c1-15(2)7-8-19(25)24-11-9-21(10-12-24)13-18(21)20(26)22-14-17-6-4-5-16(3)23-17/h4-8,15,18H,9-14H2,1-3H3,(H,22,26)/b8-7+. The molecule has 1 aromatic rings. The third-order valence-corrected chi connectivity index (χ3v) is 5.59. The molecule has 1 N–H and O–H groups in total. The number of allylic oxidation sites excluding steroid dienone is 1. The first-order valence-corrected chi connectivity index (χ1v) is 9.57. The van der Waals surface area contributed by atoms with Crippen LogP contribution in [0.2, 0.25) is 0 Å². The van der Waals surface area contributed by atoms with Crippen molar-refractivity contribution in [3.05, 3.63) is 41.7 Å². The normalized spacial score (nSPS) is 21.4. The number of pyridine rings is 1. The van der Waals surface area contributed by atoms with Gasteiger partial charge in [0, 0.05) is 24.7 Å². The number of piperidine rings is 1. The maximum absolute atomic E-state index is 12.5. The molecule has 1 saturated heterocycles. The summed E-state index contributed by atoms with van der Waals surface area (Å²) in [4.78, 5) is 31.0. The van der Waals surface area contributed by atoms with E-state index in [0.717, 1.165) is 43.7 Å². The first-order chi connectivity index (χ1) is 12.4. The molecule has 5 nitrogen and oxygen atoms in total. The quantitative estimate of drug-likeness (QED) is 0.826. The zero-order valence-electron chi connectivity index (χ0n) is 16.0. The second kappa shape index (κ2) is 7.60. The van der Waals surface area contributed by atoms with Crippen LogP contribution in [0.25, 0.3) is 0 Å². The molecule has 2 amide bonds. The fraction of sp³-hybridized carbons (Fsp3) is 0.571. The summed E-state index contributed by atoms with van der Waals surface area (Å²) in [6.45, 7) is 8.07. The van der Waals surface area contributed by atoms with Gasteiger partial charge in [-0.2, -0.15) is 0 Å². The second-order valence-corrected chi connectivity index (χ2v) is 8.04. The maximum atomic E-state index is 12.5. The molecule has 0 radical (unpaired) electrons. The van der Waals surface area contributed by atoms with Crippen LogP contribution in [0.1, 0.15) is 44.5 Å². The van der Waals surface area contributed by atoms with Crippen molar-refractivity contribution >= 4 is 11.8 Å². The van der Waals surface area contributed by atoms with Crippen molar-refractivity contribution in [2.24, 2.45) is 17.3 Å². The van der Waals surface area contributed by atoms with E-state index in [4.69, 9.17) is 0 Å². The largest absolute Gasteiger partial charge is 0.350 e. The molecule has 1 saturated carbocycles. The highest BCUT2D eigenvalue weighted by atomic mass is 16.2. The van der Waals surface area contributed by atoms with Gasteiger partial charge in [0.15, 0.2) is 0 Å². The van der Waals surface area contributed by atoms with E-state index in [-0.39, 0.29) is 23.1 Å². The number of nitrogens with one attached hydrogen (secondary N) is 1. The van der Waals surface area contributed by atoms with E-state index in [9.17, 15) is 9.59 Å². The molecule has 1 aromatic heterocycles. The Balaban J connectivity index is 1.46. The van der Waals surface area contributed by atoms with Gasteiger partial charge in [0.2, 0.25) is 11.8 Å². The van der Waals surface area contributed by atoms with Gasteiger partial charge in [0.1, 0.15) is 0 Å². The minimum atomic E-state index is 0.0933. The number of aromatic nitrogens is 1. The highest BCUT2D eigenvalue weighted by molar-refractivity contribution is 5.88. The van der Waals surface area contributed by atoms with Gasteiger partial charge in [0.05, 0.1) is 12.2 Å². The van der Waals surface area contributed by atoms with Crippen molar-refractivity contribution in [1.29, 1.82) is 0 Å². The Kier molecular flexibility index (Phi) is 5.44. The van der Waals surface area contributed by atoms with Crippen LogP contribution < -0.4 is 5.32 Å². The molecule has 0 aromatic carbocycles. The molecule has 1 aliphatic heterocycles. The van der Waals surface area contributed by atoms with Gasteiger partial charge >= 0.3 is 0 Å². The number of nitrogens with zero attached hydrogens (tertiary/aromatic N) is 2. The highest BCUT2D eigenvalue weighted by Gasteiger charge is 2.58. The van der Waals surface area contributed by atoms with Crippen molar-refractivity contribution in [3.63, 3.8) is 0 Å². The van der Waals surface area contributed by atoms with E-state index in [0.29, 0.717) is 12.5 Å². The van der Waals surface area contributed by atoms with Crippen molar-refractivity contribution in [1.82, 2.24) is 15.2 Å². The van der Waals surface area contributed by atoms with Crippen LogP contribution in [0.4, 0.5) is 0 Å². The Hall–Kier alpha value is -2.17. The summed E-state index contributed by atoms with van der Waals surface area (Å²) in [6, 6.07) is 5.85. The van der Waals surface area contributed by atoms with Gasteiger partial charge in [0.25, 0.3) is 0 Å². The lowest BCUT2D eigenvalue weighted by atomic mass is 9.90. The summed E-state index contributed by atoms with van der Waals surface area (Å²) in [6.07, 6.45) is 6.43. The number of aryl methyl sites for hydroxylation is 1. The zero-order chi connectivity index (χ0) is 18.7. The number of hydrogen-bond acceptors (Lipinski definition) is 3. The first kappa shape index (κ1) is 18.6. The van der Waals surface area contributed by atoms with Gasteiger partial charge in [-0.25, -0.2) is 0 Å². The fourth-order valence-corrected chi connectivity index (χ4v) is 3.82. The third-order valence-electron chi connectivity index (χ3n) is 5.59. The van der Waals surface area contributed by atoms with Gasteiger partial charge in [-0.15, -0.1) is 0 Å². The number of carbonyl (C=O) groups excluding carboxylic acids is 2. The van der Waals surface area contributed by atoms with Gasteiger partial charge < -0.3 is 10.2 Å². The van der Waals surface area contributed by atoms with E-state index in [2.05, 4.69) is 24.1 Å². The summed E-state index contributed by atoms with van der Waals surface area (Å²) in [7, 11) is 0. The molecule has 1 aliphatic carbocycles. The lowest BCUT2D eigenvalue weighted by molar-refractivity contribution is -0.127. The predicted molar refractivity (Wildman–Crippen MR) is 101 cm³/mol. The lowest BCUT2D eigenvalue weighted by Gasteiger charge is -2.32. The third kappa shape index (κ3) is 4.32. The molecule has 0 bridgehead atoms. The van der Waals surface area contributed by atoms with E-state index in [1.54, 1.807) is 6.08 Å². The molecule has 2 heterocycles. The van der Waals surface area contributed by atoms with Crippen molar-refractivity contribution in [2.75, 3.05) is 13.1 Å². The number of amides is 2. The number of carbonyl (C=O) groups is 2. The maximum Gasteiger partial charge on any atom is 0.246 e. The number of likely N-dealkylation sites (tertiary alicyclic amines) is 1. The van der Waals surface area contributed by atoms with E-state index in [1.165, 1.54) is 0 Å². The Morgan fingerprint density at radius 2 is 2.08 bits per heavy atom. The Labute approximate surface area is 155 Å². The predicted octanol–water partition coefficient (Wildman–Crippen LogP) is 2.85. The Bertz CT molecular complexity index is 703. The Morgan fingerprint density at radius 1 is 1.35 bits per heavy atom. The monoisotopic (exact) mass is 355 g/mol. The van der Waals surface area contributed by atoms with Gasteiger partial charge in [-0.05, 0) is 55.7 Å². The van der Waals surface area contributed by atoms with Crippen LogP contribution >= 0.6 is 0 Å². The molecule has 3 rings (SSSR count). The molecule has 26 heavy (non-hydrogen) atoms. The summed E-state index contributed by atoms with van der Waals surface area (Å²) < 4.78 is 0. The van der Waals surface area contributed by atoms with Crippen LogP contribution in [0.15, 0.2) is 30.4 Å². The summed E-state index contributed by atoms with van der Waals surface area (Å²) in [5.41, 5.74) is 1.97. The van der Waals surface area contributed by atoms with Crippen LogP contribution in [-0.2, 0) is 16.1 Å². The average molecular weight is 355 g/mol. The number of rotatable bonds is 5. The second-order valence-electron chi connectivity index (χ2n) is 8.04. The summed E-state index contributed by atoms with van der Waals surface area (Å²) >= 11 is 0. The SMILES string of the molecule is Cc1cccc(CNC(=O)C2CC23CCN(C(=O)/C=C/C(C)C)CC3)n1. The van der Waals surface area contributed by atoms with Crippen LogP contribution in [0.3, 0.4) is 0 Å². The molecular formula is C21H29N3O2. The number of hydrogen-bond donors (Lipinski definition) is 1. The topological polar surface area (TPSA) is 62.3 Å². The molecule has 5 heteroatoms. The van der Waals surface area contributed by atoms with E-state index in [1.807, 2.05) is 36.1 Å². The summed E-state index contributed by atoms with van der Waals surface area (Å²) in [5, 5.41) is 3.03. The molecule has 1 spiro atoms. The minimum absolute atomic E-state index is 0.0933.